The van der Waals surface area contributed by atoms with Crippen molar-refractivity contribution in [3.8, 4) is 11.5 Å². The second-order valence-electron chi connectivity index (χ2n) is 6.14. The molecule has 1 saturated heterocycles. The average Bonchev–Trinajstić information content (AvgIpc) is 3.10. The number of nitrogens with zero attached hydrogens (tertiary/aromatic N) is 3. The summed E-state index contributed by atoms with van der Waals surface area (Å²) in [6.07, 6.45) is 3.67. The number of anilines is 1. The summed E-state index contributed by atoms with van der Waals surface area (Å²) in [4.78, 5) is 11.4. The lowest BCUT2D eigenvalue weighted by Crippen LogP contribution is -2.21. The van der Waals surface area contributed by atoms with Crippen LogP contribution in [0.5, 0.6) is 11.5 Å². The highest BCUT2D eigenvalue weighted by atomic mass is 16.5. The van der Waals surface area contributed by atoms with Crippen LogP contribution in [0.4, 0.5) is 5.82 Å². The number of ether oxygens (including phenoxy) is 2. The molecule has 3 rings (SSSR count). The highest BCUT2D eigenvalue weighted by molar-refractivity contribution is 5.91. The van der Waals surface area contributed by atoms with E-state index < -0.39 is 0 Å². The van der Waals surface area contributed by atoms with Gasteiger partial charge in [-0.1, -0.05) is 0 Å². The van der Waals surface area contributed by atoms with E-state index in [1.807, 2.05) is 26.1 Å². The first-order valence-electron chi connectivity index (χ1n) is 8.60. The molecule has 1 aromatic carbocycles. The number of hydrogen-bond acceptors (Lipinski definition) is 6. The van der Waals surface area contributed by atoms with Crippen LogP contribution in [0.25, 0.3) is 10.9 Å². The standard InChI is InChI=1S/C18H26N4O2/c1-13-20-15-12-17(24-10-6-9-22-7-4-5-8-22)16(23-3)11-14(15)18(19-2)21-13/h11-12H,4-10H2,1-3H3,(H,19,20,21). The van der Waals surface area contributed by atoms with Gasteiger partial charge in [-0.3, -0.25) is 0 Å². The first-order valence-corrected chi connectivity index (χ1v) is 8.60. The highest BCUT2D eigenvalue weighted by Gasteiger charge is 2.13. The van der Waals surface area contributed by atoms with E-state index in [1.54, 1.807) is 7.11 Å². The van der Waals surface area contributed by atoms with Crippen molar-refractivity contribution in [2.75, 3.05) is 45.7 Å². The van der Waals surface area contributed by atoms with Gasteiger partial charge in [0.15, 0.2) is 11.5 Å². The fourth-order valence-electron chi connectivity index (χ4n) is 3.19. The molecule has 1 N–H and O–H groups in total. The van der Waals surface area contributed by atoms with Gasteiger partial charge in [-0.2, -0.15) is 0 Å². The van der Waals surface area contributed by atoms with Crippen molar-refractivity contribution < 1.29 is 9.47 Å². The Balaban J connectivity index is 1.73. The van der Waals surface area contributed by atoms with Gasteiger partial charge in [-0.15, -0.1) is 0 Å². The predicted octanol–water partition coefficient (Wildman–Crippen LogP) is 2.85. The van der Waals surface area contributed by atoms with Gasteiger partial charge in [0.2, 0.25) is 0 Å². The number of fused-ring (bicyclic) bond motifs is 1. The van der Waals surface area contributed by atoms with Gasteiger partial charge in [0, 0.05) is 25.0 Å². The minimum absolute atomic E-state index is 0.682. The molecule has 2 heterocycles. The van der Waals surface area contributed by atoms with Crippen LogP contribution in [0.3, 0.4) is 0 Å². The zero-order chi connectivity index (χ0) is 16.9. The lowest BCUT2D eigenvalue weighted by molar-refractivity contribution is 0.254. The van der Waals surface area contributed by atoms with E-state index in [4.69, 9.17) is 9.47 Å². The van der Waals surface area contributed by atoms with Crippen LogP contribution in [-0.4, -0.2) is 55.3 Å². The van der Waals surface area contributed by atoms with Gasteiger partial charge < -0.3 is 19.7 Å². The second kappa shape index (κ2) is 7.66. The van der Waals surface area contributed by atoms with Crippen LogP contribution >= 0.6 is 0 Å². The molecule has 6 nitrogen and oxygen atoms in total. The molecule has 0 aliphatic carbocycles. The van der Waals surface area contributed by atoms with Gasteiger partial charge in [-0.05, 0) is 45.3 Å². The summed E-state index contributed by atoms with van der Waals surface area (Å²) in [6.45, 7) is 6.12. The average molecular weight is 330 g/mol. The van der Waals surface area contributed by atoms with E-state index in [0.717, 1.165) is 41.3 Å². The van der Waals surface area contributed by atoms with Crippen molar-refractivity contribution in [1.29, 1.82) is 0 Å². The Morgan fingerprint density at radius 1 is 1.17 bits per heavy atom. The van der Waals surface area contributed by atoms with Crippen LogP contribution < -0.4 is 14.8 Å². The second-order valence-corrected chi connectivity index (χ2v) is 6.14. The number of benzene rings is 1. The Kier molecular flexibility index (Phi) is 5.35. The normalized spacial score (nSPS) is 15.0. The van der Waals surface area contributed by atoms with Gasteiger partial charge in [0.05, 0.1) is 19.2 Å². The lowest BCUT2D eigenvalue weighted by Gasteiger charge is -2.16. The molecule has 6 heteroatoms. The first-order chi connectivity index (χ1) is 11.7. The third-order valence-corrected chi connectivity index (χ3v) is 4.40. The van der Waals surface area contributed by atoms with Crippen molar-refractivity contribution in [3.05, 3.63) is 18.0 Å². The van der Waals surface area contributed by atoms with E-state index in [0.29, 0.717) is 12.4 Å². The van der Waals surface area contributed by atoms with Gasteiger partial charge >= 0.3 is 0 Å². The molecule has 0 atom stereocenters. The van der Waals surface area contributed by atoms with Crippen LogP contribution in [0.15, 0.2) is 12.1 Å². The smallest absolute Gasteiger partial charge is 0.163 e. The Morgan fingerprint density at radius 3 is 2.67 bits per heavy atom. The maximum Gasteiger partial charge on any atom is 0.163 e. The summed E-state index contributed by atoms with van der Waals surface area (Å²) in [7, 11) is 3.52. The summed E-state index contributed by atoms with van der Waals surface area (Å²) >= 11 is 0. The fourth-order valence-corrected chi connectivity index (χ4v) is 3.19. The van der Waals surface area contributed by atoms with Crippen molar-refractivity contribution in [2.45, 2.75) is 26.2 Å². The highest BCUT2D eigenvalue weighted by Crippen LogP contribution is 2.34. The Morgan fingerprint density at radius 2 is 1.96 bits per heavy atom. The predicted molar refractivity (Wildman–Crippen MR) is 96.2 cm³/mol. The number of likely N-dealkylation sites (tertiary alicyclic amines) is 1. The quantitative estimate of drug-likeness (QED) is 0.788. The molecular formula is C18H26N4O2. The molecule has 1 aliphatic heterocycles. The molecule has 0 unspecified atom stereocenters. The molecular weight excluding hydrogens is 304 g/mol. The monoisotopic (exact) mass is 330 g/mol. The summed E-state index contributed by atoms with van der Waals surface area (Å²) in [6, 6.07) is 3.88. The third kappa shape index (κ3) is 3.70. The largest absolute Gasteiger partial charge is 0.493 e. The van der Waals surface area contributed by atoms with E-state index in [-0.39, 0.29) is 0 Å². The van der Waals surface area contributed by atoms with Crippen molar-refractivity contribution in [1.82, 2.24) is 14.9 Å². The number of aryl methyl sites for hydroxylation is 1. The number of nitrogens with one attached hydrogen (secondary N) is 1. The summed E-state index contributed by atoms with van der Waals surface area (Å²) in [5, 5.41) is 4.05. The molecule has 130 valence electrons. The maximum atomic E-state index is 5.98. The third-order valence-electron chi connectivity index (χ3n) is 4.40. The van der Waals surface area contributed by atoms with Gasteiger partial charge in [-0.25, -0.2) is 9.97 Å². The van der Waals surface area contributed by atoms with Crippen molar-refractivity contribution in [3.63, 3.8) is 0 Å². The molecule has 0 amide bonds. The molecule has 1 fully saturated rings. The summed E-state index contributed by atoms with van der Waals surface area (Å²) in [5.41, 5.74) is 0.863. The molecule has 0 bridgehead atoms. The Bertz CT molecular complexity index is 699. The number of aromatic nitrogens is 2. The zero-order valence-corrected chi connectivity index (χ0v) is 14.8. The molecule has 0 radical (unpaired) electrons. The minimum atomic E-state index is 0.682. The SMILES string of the molecule is CNc1nc(C)nc2cc(OCCCN3CCCC3)c(OC)cc12. The van der Waals surface area contributed by atoms with Crippen LogP contribution in [0.2, 0.25) is 0 Å². The zero-order valence-electron chi connectivity index (χ0n) is 14.8. The Labute approximate surface area is 143 Å². The molecule has 1 aromatic heterocycles. The number of rotatable bonds is 7. The van der Waals surface area contributed by atoms with Crippen LogP contribution in [0, 0.1) is 6.92 Å². The van der Waals surface area contributed by atoms with E-state index in [1.165, 1.54) is 25.9 Å². The summed E-state index contributed by atoms with van der Waals surface area (Å²) in [5.74, 6) is 2.99. The number of methoxy groups -OCH3 is 1. The molecule has 2 aromatic rings. The number of hydrogen-bond donors (Lipinski definition) is 1. The first kappa shape index (κ1) is 16.8. The van der Waals surface area contributed by atoms with E-state index in [2.05, 4.69) is 20.2 Å². The van der Waals surface area contributed by atoms with Crippen molar-refractivity contribution >= 4 is 16.7 Å². The maximum absolute atomic E-state index is 5.98. The summed E-state index contributed by atoms with van der Waals surface area (Å²) < 4.78 is 11.5. The van der Waals surface area contributed by atoms with Crippen LogP contribution in [-0.2, 0) is 0 Å². The molecule has 24 heavy (non-hydrogen) atoms. The topological polar surface area (TPSA) is 59.5 Å². The lowest BCUT2D eigenvalue weighted by atomic mass is 10.2. The van der Waals surface area contributed by atoms with Crippen molar-refractivity contribution in [2.24, 2.45) is 0 Å². The molecule has 0 spiro atoms. The van der Waals surface area contributed by atoms with Gasteiger partial charge in [0.25, 0.3) is 0 Å². The van der Waals surface area contributed by atoms with Crippen LogP contribution in [0.1, 0.15) is 25.1 Å². The minimum Gasteiger partial charge on any atom is -0.493 e. The van der Waals surface area contributed by atoms with Gasteiger partial charge in [0.1, 0.15) is 11.6 Å². The molecule has 1 aliphatic rings. The van der Waals surface area contributed by atoms with E-state index in [9.17, 15) is 0 Å². The molecule has 0 saturated carbocycles. The Hall–Kier alpha value is -2.08. The van der Waals surface area contributed by atoms with E-state index >= 15 is 0 Å². The fraction of sp³-hybridized carbons (Fsp3) is 0.556.